The molecule has 0 aliphatic carbocycles. The molecule has 1 aromatic rings. The van der Waals surface area contributed by atoms with Crippen LogP contribution in [0.15, 0.2) is 34.8 Å². The SMILES string of the molecule is C=C(CNc1ccc(OC(F)(F)F)c(Br)c1)C(=O)O. The van der Waals surface area contributed by atoms with Gasteiger partial charge in [-0.25, -0.2) is 4.79 Å². The Morgan fingerprint density at radius 3 is 2.58 bits per heavy atom. The lowest BCUT2D eigenvalue weighted by atomic mass is 10.2. The van der Waals surface area contributed by atoms with Gasteiger partial charge in [0, 0.05) is 17.8 Å². The summed E-state index contributed by atoms with van der Waals surface area (Å²) in [6, 6.07) is 3.79. The molecule has 0 aromatic heterocycles. The summed E-state index contributed by atoms with van der Waals surface area (Å²) in [5.41, 5.74) is 0.371. The van der Waals surface area contributed by atoms with Crippen molar-refractivity contribution >= 4 is 27.6 Å². The molecule has 1 rings (SSSR count). The number of halogens is 4. The fourth-order valence-corrected chi connectivity index (χ4v) is 1.56. The number of hydrogen-bond donors (Lipinski definition) is 2. The Balaban J connectivity index is 2.72. The fourth-order valence-electron chi connectivity index (χ4n) is 1.10. The van der Waals surface area contributed by atoms with Crippen LogP contribution in [0.1, 0.15) is 0 Å². The van der Waals surface area contributed by atoms with Gasteiger partial charge in [0.25, 0.3) is 0 Å². The lowest BCUT2D eigenvalue weighted by molar-refractivity contribution is -0.274. The second-order valence-corrected chi connectivity index (χ2v) is 4.31. The Labute approximate surface area is 115 Å². The number of anilines is 1. The second kappa shape index (κ2) is 5.96. The Kier molecular flexibility index (Phi) is 4.82. The summed E-state index contributed by atoms with van der Waals surface area (Å²) in [5, 5.41) is 11.3. The normalized spacial score (nSPS) is 10.9. The van der Waals surface area contributed by atoms with Gasteiger partial charge in [-0.15, -0.1) is 13.2 Å². The van der Waals surface area contributed by atoms with Crippen molar-refractivity contribution in [1.82, 2.24) is 0 Å². The van der Waals surface area contributed by atoms with Crippen molar-refractivity contribution in [2.45, 2.75) is 6.36 Å². The van der Waals surface area contributed by atoms with Crippen molar-refractivity contribution in [2.24, 2.45) is 0 Å². The number of rotatable bonds is 5. The summed E-state index contributed by atoms with van der Waals surface area (Å²) < 4.78 is 39.9. The van der Waals surface area contributed by atoms with Gasteiger partial charge < -0.3 is 15.2 Å². The first-order valence-electron chi connectivity index (χ1n) is 4.89. The molecule has 0 saturated heterocycles. The van der Waals surface area contributed by atoms with Crippen LogP contribution in [0.25, 0.3) is 0 Å². The van der Waals surface area contributed by atoms with E-state index in [9.17, 15) is 18.0 Å². The summed E-state index contributed by atoms with van der Waals surface area (Å²) in [5.74, 6) is -1.53. The minimum Gasteiger partial charge on any atom is -0.478 e. The van der Waals surface area contributed by atoms with Crippen molar-refractivity contribution in [3.05, 3.63) is 34.8 Å². The molecule has 0 radical (unpaired) electrons. The van der Waals surface area contributed by atoms with Crippen LogP contribution in [0.5, 0.6) is 5.75 Å². The van der Waals surface area contributed by atoms with Crippen LogP contribution in [0.3, 0.4) is 0 Å². The van der Waals surface area contributed by atoms with Crippen LogP contribution in [0.4, 0.5) is 18.9 Å². The number of carboxylic acids is 1. The van der Waals surface area contributed by atoms with E-state index in [2.05, 4.69) is 32.6 Å². The minimum atomic E-state index is -4.77. The van der Waals surface area contributed by atoms with Crippen molar-refractivity contribution in [3.63, 3.8) is 0 Å². The molecule has 0 amide bonds. The van der Waals surface area contributed by atoms with E-state index in [1.165, 1.54) is 12.1 Å². The van der Waals surface area contributed by atoms with E-state index >= 15 is 0 Å². The van der Waals surface area contributed by atoms with E-state index in [0.29, 0.717) is 5.69 Å². The summed E-state index contributed by atoms with van der Waals surface area (Å²) in [7, 11) is 0. The van der Waals surface area contributed by atoms with Gasteiger partial charge in [0.15, 0.2) is 0 Å². The van der Waals surface area contributed by atoms with E-state index < -0.39 is 12.3 Å². The molecule has 0 atom stereocenters. The smallest absolute Gasteiger partial charge is 0.478 e. The predicted octanol–water partition coefficient (Wildman–Crippen LogP) is 3.40. The lowest BCUT2D eigenvalue weighted by Crippen LogP contribution is -2.17. The Morgan fingerprint density at radius 2 is 2.11 bits per heavy atom. The molecule has 0 unspecified atom stereocenters. The molecule has 0 saturated carbocycles. The van der Waals surface area contributed by atoms with Crippen LogP contribution >= 0.6 is 15.9 Å². The topological polar surface area (TPSA) is 58.6 Å². The maximum absolute atomic E-state index is 12.0. The highest BCUT2D eigenvalue weighted by Crippen LogP contribution is 2.32. The zero-order valence-corrected chi connectivity index (χ0v) is 11.0. The Hall–Kier alpha value is -1.70. The second-order valence-electron chi connectivity index (χ2n) is 3.46. The zero-order chi connectivity index (χ0) is 14.6. The quantitative estimate of drug-likeness (QED) is 0.807. The first-order valence-corrected chi connectivity index (χ1v) is 5.68. The molecule has 104 valence electrons. The summed E-state index contributed by atoms with van der Waals surface area (Å²) >= 11 is 2.93. The van der Waals surface area contributed by atoms with E-state index in [1.807, 2.05) is 0 Å². The largest absolute Gasteiger partial charge is 0.573 e. The highest BCUT2D eigenvalue weighted by molar-refractivity contribution is 9.10. The minimum absolute atomic E-state index is 0.0265. The number of nitrogens with one attached hydrogen (secondary N) is 1. The maximum Gasteiger partial charge on any atom is 0.573 e. The maximum atomic E-state index is 12.0. The van der Waals surface area contributed by atoms with Gasteiger partial charge >= 0.3 is 12.3 Å². The molecule has 2 N–H and O–H groups in total. The number of alkyl halides is 3. The average Bonchev–Trinajstić information content (AvgIpc) is 2.27. The van der Waals surface area contributed by atoms with Gasteiger partial charge in [-0.1, -0.05) is 6.58 Å². The van der Waals surface area contributed by atoms with Crippen molar-refractivity contribution in [2.75, 3.05) is 11.9 Å². The summed E-state index contributed by atoms with van der Waals surface area (Å²) in [4.78, 5) is 10.5. The van der Waals surface area contributed by atoms with Crippen LogP contribution in [-0.4, -0.2) is 24.0 Å². The number of carbonyl (C=O) groups is 1. The van der Waals surface area contributed by atoms with Gasteiger partial charge in [0.05, 0.1) is 4.47 Å². The Morgan fingerprint density at radius 1 is 1.47 bits per heavy atom. The third-order valence-electron chi connectivity index (χ3n) is 1.97. The number of benzene rings is 1. The molecule has 4 nitrogen and oxygen atoms in total. The van der Waals surface area contributed by atoms with Crippen molar-refractivity contribution in [3.8, 4) is 5.75 Å². The molecule has 1 aromatic carbocycles. The van der Waals surface area contributed by atoms with Crippen LogP contribution in [0, 0.1) is 0 Å². The lowest BCUT2D eigenvalue weighted by Gasteiger charge is -2.12. The standard InChI is InChI=1S/C11H9BrF3NO3/c1-6(10(17)18)5-16-7-2-3-9(8(12)4-7)19-11(13,14)15/h2-4,16H,1,5H2,(H,17,18). The molecular formula is C11H9BrF3NO3. The Bertz CT molecular complexity index is 502. The molecule has 0 bridgehead atoms. The third-order valence-corrected chi connectivity index (χ3v) is 2.59. The van der Waals surface area contributed by atoms with Crippen LogP contribution < -0.4 is 10.1 Å². The van der Waals surface area contributed by atoms with E-state index in [4.69, 9.17) is 5.11 Å². The highest BCUT2D eigenvalue weighted by Gasteiger charge is 2.31. The van der Waals surface area contributed by atoms with Gasteiger partial charge in [-0.3, -0.25) is 0 Å². The molecule has 0 spiro atoms. The molecule has 0 aliphatic rings. The van der Waals surface area contributed by atoms with Gasteiger partial charge in [-0.2, -0.15) is 0 Å². The van der Waals surface area contributed by atoms with Crippen LogP contribution in [-0.2, 0) is 4.79 Å². The van der Waals surface area contributed by atoms with Gasteiger partial charge in [-0.05, 0) is 34.1 Å². The van der Waals surface area contributed by atoms with E-state index in [0.717, 1.165) is 6.07 Å². The fraction of sp³-hybridized carbons (Fsp3) is 0.182. The van der Waals surface area contributed by atoms with Crippen molar-refractivity contribution < 1.29 is 27.8 Å². The number of carboxylic acid groups (broad SMARTS) is 1. The molecule has 0 fully saturated rings. The summed E-state index contributed by atoms with van der Waals surface area (Å²) in [6.07, 6.45) is -4.77. The number of ether oxygens (including phenoxy) is 1. The number of hydrogen-bond acceptors (Lipinski definition) is 3. The van der Waals surface area contributed by atoms with E-state index in [-0.39, 0.29) is 22.3 Å². The third kappa shape index (κ3) is 5.21. The molecular weight excluding hydrogens is 331 g/mol. The molecule has 0 aliphatic heterocycles. The first-order chi connectivity index (χ1) is 8.69. The van der Waals surface area contributed by atoms with Gasteiger partial charge in [0.1, 0.15) is 5.75 Å². The predicted molar refractivity (Wildman–Crippen MR) is 66.1 cm³/mol. The van der Waals surface area contributed by atoms with E-state index in [1.54, 1.807) is 0 Å². The van der Waals surface area contributed by atoms with Crippen LogP contribution in [0.2, 0.25) is 0 Å². The van der Waals surface area contributed by atoms with Gasteiger partial charge in [0.2, 0.25) is 0 Å². The number of aliphatic carboxylic acids is 1. The van der Waals surface area contributed by atoms with Crippen molar-refractivity contribution in [1.29, 1.82) is 0 Å². The highest BCUT2D eigenvalue weighted by atomic mass is 79.9. The molecule has 19 heavy (non-hydrogen) atoms. The first kappa shape index (κ1) is 15.4. The molecule has 0 heterocycles. The monoisotopic (exact) mass is 339 g/mol. The average molecular weight is 340 g/mol. The molecule has 8 heteroatoms. The summed E-state index contributed by atoms with van der Waals surface area (Å²) in [6.45, 7) is 3.28. The zero-order valence-electron chi connectivity index (χ0n) is 9.42.